The zero-order valence-electron chi connectivity index (χ0n) is 15.0. The molecule has 1 aliphatic rings. The van der Waals surface area contributed by atoms with Gasteiger partial charge in [-0.25, -0.2) is 0 Å². The maximum Gasteiger partial charge on any atom is 0.0807 e. The van der Waals surface area contributed by atoms with E-state index in [9.17, 15) is 0 Å². The molecule has 0 bridgehead atoms. The molecular weight excluding hydrogens is 262 g/mol. The first-order valence-electron chi connectivity index (χ1n) is 8.87. The second kappa shape index (κ2) is 9.12. The highest BCUT2D eigenvalue weighted by Gasteiger charge is 2.36. The molecule has 126 valence electrons. The minimum Gasteiger partial charge on any atom is -0.379 e. The molecule has 0 radical (unpaired) electrons. The predicted molar refractivity (Wildman–Crippen MR) is 89.8 cm³/mol. The van der Waals surface area contributed by atoms with Gasteiger partial charge in [-0.2, -0.15) is 0 Å². The van der Waals surface area contributed by atoms with E-state index in [1.165, 1.54) is 32.1 Å². The van der Waals surface area contributed by atoms with Gasteiger partial charge in [0.15, 0.2) is 0 Å². The van der Waals surface area contributed by atoms with Crippen molar-refractivity contribution in [3.63, 3.8) is 0 Å². The van der Waals surface area contributed by atoms with Gasteiger partial charge in [0, 0.05) is 18.7 Å². The molecule has 1 N–H and O–H groups in total. The van der Waals surface area contributed by atoms with Crippen molar-refractivity contribution in [2.45, 2.75) is 84.3 Å². The Morgan fingerprint density at radius 3 is 2.24 bits per heavy atom. The van der Waals surface area contributed by atoms with Crippen LogP contribution in [0.15, 0.2) is 0 Å². The summed E-state index contributed by atoms with van der Waals surface area (Å²) in [6.45, 7) is 14.4. The third-order valence-corrected chi connectivity index (χ3v) is 4.52. The maximum atomic E-state index is 6.32. The van der Waals surface area contributed by atoms with E-state index in [0.717, 1.165) is 38.7 Å². The van der Waals surface area contributed by atoms with Crippen molar-refractivity contribution in [2.24, 2.45) is 5.92 Å². The number of hydrogen-bond donors (Lipinski definition) is 1. The van der Waals surface area contributed by atoms with Crippen molar-refractivity contribution in [1.82, 2.24) is 5.32 Å². The molecular formula is C18H37NO2. The Kier molecular flexibility index (Phi) is 8.22. The molecule has 0 amide bonds. The molecule has 1 rings (SSSR count). The van der Waals surface area contributed by atoms with Crippen LogP contribution in [0, 0.1) is 5.92 Å². The summed E-state index contributed by atoms with van der Waals surface area (Å²) >= 11 is 0. The van der Waals surface area contributed by atoms with E-state index >= 15 is 0 Å². The number of nitrogens with one attached hydrogen (secondary N) is 1. The lowest BCUT2D eigenvalue weighted by atomic mass is 9.77. The lowest BCUT2D eigenvalue weighted by molar-refractivity contribution is -0.0949. The molecule has 0 aromatic heterocycles. The van der Waals surface area contributed by atoms with Crippen LogP contribution >= 0.6 is 0 Å². The first kappa shape index (κ1) is 18.9. The molecule has 1 aliphatic carbocycles. The van der Waals surface area contributed by atoms with Gasteiger partial charge in [-0.3, -0.25) is 0 Å². The predicted octanol–water partition coefficient (Wildman–Crippen LogP) is 4.16. The van der Waals surface area contributed by atoms with Gasteiger partial charge in [-0.05, 0) is 58.8 Å². The van der Waals surface area contributed by atoms with Crippen molar-refractivity contribution in [3.8, 4) is 0 Å². The molecule has 0 spiro atoms. The summed E-state index contributed by atoms with van der Waals surface area (Å²) in [5.74, 6) is 0.896. The van der Waals surface area contributed by atoms with Crippen LogP contribution in [-0.4, -0.2) is 37.5 Å². The fraction of sp³-hybridized carbons (Fsp3) is 1.00. The van der Waals surface area contributed by atoms with E-state index in [1.807, 2.05) is 0 Å². The molecule has 0 aromatic carbocycles. The molecule has 0 saturated heterocycles. The van der Waals surface area contributed by atoms with Crippen molar-refractivity contribution in [1.29, 1.82) is 0 Å². The van der Waals surface area contributed by atoms with Crippen molar-refractivity contribution >= 4 is 0 Å². The van der Waals surface area contributed by atoms with Crippen molar-refractivity contribution in [3.05, 3.63) is 0 Å². The van der Waals surface area contributed by atoms with Crippen LogP contribution in [0.4, 0.5) is 0 Å². The highest BCUT2D eigenvalue weighted by molar-refractivity contribution is 4.91. The fourth-order valence-electron chi connectivity index (χ4n) is 2.97. The monoisotopic (exact) mass is 299 g/mol. The number of hydrogen-bond acceptors (Lipinski definition) is 3. The lowest BCUT2D eigenvalue weighted by Crippen LogP contribution is -2.51. The Hall–Kier alpha value is -0.120. The number of ether oxygens (including phenoxy) is 2. The second-order valence-corrected chi connectivity index (χ2v) is 7.60. The zero-order chi connectivity index (χ0) is 15.8. The zero-order valence-corrected chi connectivity index (χ0v) is 15.0. The Balaban J connectivity index is 2.46. The molecule has 0 atom stereocenters. The van der Waals surface area contributed by atoms with Gasteiger partial charge in [-0.15, -0.1) is 0 Å². The Bertz CT molecular complexity index is 265. The van der Waals surface area contributed by atoms with Crippen LogP contribution in [0.3, 0.4) is 0 Å². The van der Waals surface area contributed by atoms with Crippen LogP contribution in [0.25, 0.3) is 0 Å². The highest BCUT2D eigenvalue weighted by Crippen LogP contribution is 2.36. The quantitative estimate of drug-likeness (QED) is 0.649. The van der Waals surface area contributed by atoms with Crippen molar-refractivity contribution < 1.29 is 9.47 Å². The first-order valence-corrected chi connectivity index (χ1v) is 8.87. The summed E-state index contributed by atoms with van der Waals surface area (Å²) in [5.41, 5.74) is 0.172. The van der Waals surface area contributed by atoms with Crippen molar-refractivity contribution in [2.75, 3.05) is 26.4 Å². The first-order chi connectivity index (χ1) is 9.91. The third kappa shape index (κ3) is 7.62. The minimum absolute atomic E-state index is 0.0223. The molecule has 21 heavy (non-hydrogen) atoms. The summed E-state index contributed by atoms with van der Waals surface area (Å²) in [5, 5.41) is 3.65. The Labute approximate surface area is 132 Å². The van der Waals surface area contributed by atoms with Gasteiger partial charge in [0.2, 0.25) is 0 Å². The highest BCUT2D eigenvalue weighted by atomic mass is 16.5. The van der Waals surface area contributed by atoms with Crippen LogP contribution in [0.2, 0.25) is 0 Å². The van der Waals surface area contributed by atoms with Gasteiger partial charge in [0.05, 0.1) is 18.8 Å². The second-order valence-electron chi connectivity index (χ2n) is 7.60. The molecule has 0 aliphatic heterocycles. The average Bonchev–Trinajstić information content (AvgIpc) is 2.45. The summed E-state index contributed by atoms with van der Waals surface area (Å²) in [4.78, 5) is 0. The van der Waals surface area contributed by atoms with Crippen LogP contribution in [0.1, 0.15) is 73.1 Å². The molecule has 1 saturated carbocycles. The summed E-state index contributed by atoms with van der Waals surface area (Å²) < 4.78 is 11.9. The van der Waals surface area contributed by atoms with Crippen LogP contribution < -0.4 is 5.32 Å². The molecule has 3 nitrogen and oxygen atoms in total. The van der Waals surface area contributed by atoms with Gasteiger partial charge < -0.3 is 14.8 Å². The van der Waals surface area contributed by atoms with Crippen LogP contribution in [0.5, 0.6) is 0 Å². The fourth-order valence-corrected chi connectivity index (χ4v) is 2.97. The lowest BCUT2D eigenvalue weighted by Gasteiger charge is -2.42. The normalized spacial score (nSPS) is 27.0. The molecule has 0 aromatic rings. The summed E-state index contributed by atoms with van der Waals surface area (Å²) in [7, 11) is 0. The average molecular weight is 299 g/mol. The molecule has 0 unspecified atom stereocenters. The molecule has 0 heterocycles. The van der Waals surface area contributed by atoms with E-state index in [-0.39, 0.29) is 11.1 Å². The van der Waals surface area contributed by atoms with Gasteiger partial charge in [0.25, 0.3) is 0 Å². The van der Waals surface area contributed by atoms with E-state index in [1.54, 1.807) is 0 Å². The molecule has 1 fully saturated rings. The van der Waals surface area contributed by atoms with Crippen LogP contribution in [-0.2, 0) is 9.47 Å². The smallest absolute Gasteiger partial charge is 0.0807 e. The largest absolute Gasteiger partial charge is 0.379 e. The Morgan fingerprint density at radius 1 is 1.05 bits per heavy atom. The molecule has 3 heteroatoms. The SMILES string of the molecule is CCCOCCOC1(CNC(C)(C)C)CCC(CC)CC1. The van der Waals surface area contributed by atoms with E-state index < -0.39 is 0 Å². The standard InChI is InChI=1S/C18H37NO2/c1-6-12-20-13-14-21-18(15-19-17(3,4)5)10-8-16(7-2)9-11-18/h16,19H,6-15H2,1-5H3. The van der Waals surface area contributed by atoms with Gasteiger partial charge >= 0.3 is 0 Å². The maximum absolute atomic E-state index is 6.32. The van der Waals surface area contributed by atoms with Gasteiger partial charge in [0.1, 0.15) is 0 Å². The van der Waals surface area contributed by atoms with E-state index in [2.05, 4.69) is 39.9 Å². The number of rotatable bonds is 9. The third-order valence-electron chi connectivity index (χ3n) is 4.52. The van der Waals surface area contributed by atoms with Gasteiger partial charge in [-0.1, -0.05) is 20.3 Å². The summed E-state index contributed by atoms with van der Waals surface area (Å²) in [6.07, 6.45) is 7.36. The minimum atomic E-state index is 0.0223. The van der Waals surface area contributed by atoms with E-state index in [0.29, 0.717) is 0 Å². The topological polar surface area (TPSA) is 30.5 Å². The van der Waals surface area contributed by atoms with E-state index in [4.69, 9.17) is 9.47 Å². The summed E-state index contributed by atoms with van der Waals surface area (Å²) in [6, 6.07) is 0. The Morgan fingerprint density at radius 2 is 1.71 bits per heavy atom.